The highest BCUT2D eigenvalue weighted by Crippen LogP contribution is 2.74. The summed E-state index contributed by atoms with van der Waals surface area (Å²) in [5.41, 5.74) is 2.37. The maximum atomic E-state index is 12.9. The van der Waals surface area contributed by atoms with E-state index >= 15 is 0 Å². The van der Waals surface area contributed by atoms with Crippen molar-refractivity contribution in [3.63, 3.8) is 0 Å². The first-order valence-electron chi connectivity index (χ1n) is 18.1. The number of aliphatic hydroxyl groups is 1. The first-order valence-corrected chi connectivity index (χ1v) is 18.1. The molecule has 0 aromatic carbocycles. The lowest BCUT2D eigenvalue weighted by molar-refractivity contribution is -0.286. The molecule has 1 saturated heterocycles. The van der Waals surface area contributed by atoms with Crippen molar-refractivity contribution in [1.82, 2.24) is 0 Å². The van der Waals surface area contributed by atoms with Gasteiger partial charge in [-0.25, -0.2) is 0 Å². The number of carboxylic acids is 1. The van der Waals surface area contributed by atoms with Gasteiger partial charge in [0.05, 0.1) is 18.6 Å². The van der Waals surface area contributed by atoms with Gasteiger partial charge in [-0.2, -0.15) is 0 Å². The Morgan fingerprint density at radius 1 is 1.00 bits per heavy atom. The maximum Gasteiger partial charge on any atom is 0.317 e. The highest BCUT2D eigenvalue weighted by molar-refractivity contribution is 5.91. The number of esters is 2. The zero-order chi connectivity index (χ0) is 34.0. The molecule has 5 unspecified atom stereocenters. The number of hydrogen-bond donors (Lipinski definition) is 2. The van der Waals surface area contributed by atoms with Crippen LogP contribution in [-0.4, -0.2) is 52.7 Å². The van der Waals surface area contributed by atoms with Crippen LogP contribution in [0.5, 0.6) is 0 Å². The zero-order valence-electron chi connectivity index (χ0n) is 29.9. The Balaban J connectivity index is 1.44. The molecule has 0 aromatic rings. The second-order valence-electron chi connectivity index (χ2n) is 17.1. The first kappa shape index (κ1) is 35.4. The third kappa shape index (κ3) is 5.36. The Hall–Kier alpha value is -1.93. The molecule has 3 fully saturated rings. The van der Waals surface area contributed by atoms with Crippen LogP contribution >= 0.6 is 0 Å². The minimum Gasteiger partial charge on any atom is -0.481 e. The monoisotopic (exact) mass is 644 g/mol. The van der Waals surface area contributed by atoms with E-state index in [4.69, 9.17) is 14.2 Å². The van der Waals surface area contributed by atoms with Crippen molar-refractivity contribution in [3.8, 4) is 0 Å². The standard InChI is InChI=1S/C38H60O8/c1-10-11-18-44-31(39)20-32(40)45-29-15-16-35(7)27-19-30-37(9)25(22(2)21-38(43,46-30)24(4)23(3)33(41)42)14-17-36(37,8)26(27)12-13-28(35)34(29,5)6/h22-25,28-30,43H,10-21H2,1-9H3,(H,41,42)/t22-,23?,24-,25-,28?,29-,30-,35?,36+,37?,38?/m1/s1. The lowest BCUT2D eigenvalue weighted by Gasteiger charge is -2.63. The van der Waals surface area contributed by atoms with E-state index in [9.17, 15) is 24.6 Å². The number of fused-ring (bicyclic) bond motifs is 3. The maximum absolute atomic E-state index is 12.9. The Morgan fingerprint density at radius 2 is 1.70 bits per heavy atom. The minimum absolute atomic E-state index is 0.0728. The number of carbonyl (C=O) groups excluding carboxylic acids is 2. The molecule has 46 heavy (non-hydrogen) atoms. The molecule has 2 N–H and O–H groups in total. The molecular weight excluding hydrogens is 584 g/mol. The molecule has 1 heterocycles. The van der Waals surface area contributed by atoms with Crippen LogP contribution in [0.2, 0.25) is 0 Å². The number of rotatable bonds is 9. The van der Waals surface area contributed by atoms with Gasteiger partial charge in [-0.15, -0.1) is 0 Å². The average Bonchev–Trinajstić information content (AvgIpc) is 3.21. The Labute approximate surface area is 276 Å². The molecule has 0 amide bonds. The van der Waals surface area contributed by atoms with E-state index in [1.165, 1.54) is 5.57 Å². The number of carbonyl (C=O) groups is 3. The smallest absolute Gasteiger partial charge is 0.317 e. The molecule has 5 aliphatic rings. The molecule has 0 bridgehead atoms. The van der Waals surface area contributed by atoms with Gasteiger partial charge in [-0.3, -0.25) is 14.4 Å². The van der Waals surface area contributed by atoms with E-state index < -0.39 is 35.5 Å². The summed E-state index contributed by atoms with van der Waals surface area (Å²) >= 11 is 0. The largest absolute Gasteiger partial charge is 0.481 e. The highest BCUT2D eigenvalue weighted by Gasteiger charge is 2.69. The van der Waals surface area contributed by atoms with Gasteiger partial charge in [0.1, 0.15) is 12.5 Å². The fourth-order valence-corrected chi connectivity index (χ4v) is 11.5. The predicted molar refractivity (Wildman–Crippen MR) is 174 cm³/mol. The van der Waals surface area contributed by atoms with Crippen molar-refractivity contribution in [1.29, 1.82) is 0 Å². The summed E-state index contributed by atoms with van der Waals surface area (Å²) in [6.07, 6.45) is 7.77. The molecule has 5 rings (SSSR count). The second kappa shape index (κ2) is 12.2. The Bertz CT molecular complexity index is 1250. The molecule has 1 aliphatic heterocycles. The summed E-state index contributed by atoms with van der Waals surface area (Å²) in [6.45, 7) is 19.8. The molecule has 8 nitrogen and oxygen atoms in total. The van der Waals surface area contributed by atoms with Crippen molar-refractivity contribution in [2.24, 2.45) is 51.2 Å². The quantitative estimate of drug-likeness (QED) is 0.115. The fourth-order valence-electron chi connectivity index (χ4n) is 11.5. The Kier molecular flexibility index (Phi) is 9.38. The van der Waals surface area contributed by atoms with Crippen LogP contribution in [0.4, 0.5) is 0 Å². The van der Waals surface area contributed by atoms with Crippen LogP contribution in [0.1, 0.15) is 133 Å². The number of unbranched alkanes of at least 4 members (excludes halogenated alkanes) is 1. The summed E-state index contributed by atoms with van der Waals surface area (Å²) in [5, 5.41) is 22.1. The molecular formula is C38H60O8. The predicted octanol–water partition coefficient (Wildman–Crippen LogP) is 7.46. The van der Waals surface area contributed by atoms with Gasteiger partial charge >= 0.3 is 17.9 Å². The van der Waals surface area contributed by atoms with E-state index in [1.807, 2.05) is 13.8 Å². The van der Waals surface area contributed by atoms with E-state index in [2.05, 4.69) is 41.5 Å². The van der Waals surface area contributed by atoms with Crippen molar-refractivity contribution in [2.45, 2.75) is 151 Å². The number of ether oxygens (including phenoxy) is 3. The van der Waals surface area contributed by atoms with Gasteiger partial charge < -0.3 is 24.4 Å². The number of aliphatic carboxylic acids is 1. The number of hydrogen-bond acceptors (Lipinski definition) is 7. The van der Waals surface area contributed by atoms with Crippen LogP contribution in [0, 0.1) is 51.2 Å². The molecule has 2 saturated carbocycles. The third-order valence-electron chi connectivity index (χ3n) is 14.6. The molecule has 0 aromatic heterocycles. The van der Waals surface area contributed by atoms with Gasteiger partial charge in [0, 0.05) is 23.2 Å². The molecule has 4 aliphatic carbocycles. The number of carboxylic acid groups (broad SMARTS) is 1. The Morgan fingerprint density at radius 3 is 2.35 bits per heavy atom. The molecule has 260 valence electrons. The summed E-state index contributed by atoms with van der Waals surface area (Å²) in [6, 6.07) is 0. The first-order chi connectivity index (χ1) is 21.4. The lowest BCUT2D eigenvalue weighted by Crippen LogP contribution is -2.59. The van der Waals surface area contributed by atoms with Gasteiger partial charge in [0.15, 0.2) is 5.79 Å². The molecule has 0 spiro atoms. The van der Waals surface area contributed by atoms with Crippen molar-refractivity contribution in [3.05, 3.63) is 11.1 Å². The average molecular weight is 645 g/mol. The van der Waals surface area contributed by atoms with Crippen molar-refractivity contribution < 1.29 is 38.8 Å². The van der Waals surface area contributed by atoms with E-state index in [0.717, 1.165) is 51.4 Å². The fraction of sp³-hybridized carbons (Fsp3) is 0.868. The SMILES string of the molecule is CCCCOC(=O)CC(=O)O[C@@H]1CCC2(C)C3=C(CCC2C1(C)C)[C@]1(C)CC[C@@H]2[C@H](C)CC(O)([C@H](C)C(C)C(=O)O)O[C@H](C3)C21C. The lowest BCUT2D eigenvalue weighted by atomic mass is 9.42. The second-order valence-corrected chi connectivity index (χ2v) is 17.1. The van der Waals surface area contributed by atoms with Crippen LogP contribution < -0.4 is 0 Å². The van der Waals surface area contributed by atoms with Gasteiger partial charge in [-0.1, -0.05) is 79.9 Å². The summed E-state index contributed by atoms with van der Waals surface area (Å²) in [4.78, 5) is 37.1. The number of allylic oxidation sites excluding steroid dienone is 1. The van der Waals surface area contributed by atoms with E-state index in [0.29, 0.717) is 25.4 Å². The summed E-state index contributed by atoms with van der Waals surface area (Å²) in [5.74, 6) is -3.92. The molecule has 11 atom stereocenters. The van der Waals surface area contributed by atoms with Gasteiger partial charge in [-0.05, 0) is 80.0 Å². The van der Waals surface area contributed by atoms with Crippen LogP contribution in [0.3, 0.4) is 0 Å². The zero-order valence-corrected chi connectivity index (χ0v) is 29.9. The highest BCUT2D eigenvalue weighted by atomic mass is 16.6. The van der Waals surface area contributed by atoms with Crippen LogP contribution in [-0.2, 0) is 28.6 Å². The molecule has 0 radical (unpaired) electrons. The minimum atomic E-state index is -1.52. The van der Waals surface area contributed by atoms with Gasteiger partial charge in [0.2, 0.25) is 0 Å². The summed E-state index contributed by atoms with van der Waals surface area (Å²) in [7, 11) is 0. The van der Waals surface area contributed by atoms with Gasteiger partial charge in [0.25, 0.3) is 0 Å². The third-order valence-corrected chi connectivity index (χ3v) is 14.6. The van der Waals surface area contributed by atoms with E-state index in [-0.39, 0.29) is 52.1 Å². The van der Waals surface area contributed by atoms with Crippen molar-refractivity contribution in [2.75, 3.05) is 6.61 Å². The van der Waals surface area contributed by atoms with Crippen LogP contribution in [0.15, 0.2) is 11.1 Å². The topological polar surface area (TPSA) is 119 Å². The van der Waals surface area contributed by atoms with E-state index in [1.54, 1.807) is 12.5 Å². The normalized spacial score (nSPS) is 42.5. The van der Waals surface area contributed by atoms with Crippen LogP contribution in [0.25, 0.3) is 0 Å². The van der Waals surface area contributed by atoms with Crippen molar-refractivity contribution >= 4 is 17.9 Å². The molecule has 8 heteroatoms. The summed E-state index contributed by atoms with van der Waals surface area (Å²) < 4.78 is 18.2.